The van der Waals surface area contributed by atoms with Gasteiger partial charge in [-0.25, -0.2) is 4.98 Å². The maximum atomic E-state index is 12.1. The van der Waals surface area contributed by atoms with E-state index in [2.05, 4.69) is 4.98 Å². The quantitative estimate of drug-likeness (QED) is 0.685. The van der Waals surface area contributed by atoms with Crippen molar-refractivity contribution < 1.29 is 4.79 Å². The summed E-state index contributed by atoms with van der Waals surface area (Å²) in [4.78, 5) is 17.8. The lowest BCUT2D eigenvalue weighted by Gasteiger charge is -2.19. The number of hydrogen-bond donors (Lipinski definition) is 2. The summed E-state index contributed by atoms with van der Waals surface area (Å²) in [5.41, 5.74) is 12.0. The lowest BCUT2D eigenvalue weighted by molar-refractivity contribution is 0.0772. The molecule has 5 heteroatoms. The summed E-state index contributed by atoms with van der Waals surface area (Å²) in [6.07, 6.45) is 2.57. The Labute approximate surface area is 93.4 Å². The first-order chi connectivity index (χ1) is 7.58. The Morgan fingerprint density at radius 3 is 2.94 bits per heavy atom. The van der Waals surface area contributed by atoms with E-state index in [1.54, 1.807) is 17.0 Å². The topological polar surface area (TPSA) is 85.2 Å². The predicted molar refractivity (Wildman–Crippen MR) is 59.6 cm³/mol. The van der Waals surface area contributed by atoms with Crippen LogP contribution in [0.15, 0.2) is 18.3 Å². The summed E-state index contributed by atoms with van der Waals surface area (Å²) < 4.78 is 0. The number of aromatic nitrogens is 1. The van der Waals surface area contributed by atoms with Gasteiger partial charge in [0, 0.05) is 24.8 Å². The molecule has 3 rings (SSSR count). The minimum atomic E-state index is -0.100. The number of fused-ring (bicyclic) bond motifs is 1. The van der Waals surface area contributed by atoms with E-state index in [4.69, 9.17) is 11.5 Å². The van der Waals surface area contributed by atoms with E-state index in [1.165, 1.54) is 6.20 Å². The number of rotatable bonds is 1. The van der Waals surface area contributed by atoms with Gasteiger partial charge in [0.25, 0.3) is 5.91 Å². The van der Waals surface area contributed by atoms with Crippen LogP contribution >= 0.6 is 0 Å². The largest absolute Gasteiger partial charge is 0.384 e. The number of carbonyl (C=O) groups excluding carboxylic acids is 1. The van der Waals surface area contributed by atoms with Crippen LogP contribution in [0.25, 0.3) is 0 Å². The molecular formula is C11H14N4O. The molecule has 0 bridgehead atoms. The van der Waals surface area contributed by atoms with Gasteiger partial charge in [-0.05, 0) is 24.5 Å². The van der Waals surface area contributed by atoms with Gasteiger partial charge >= 0.3 is 0 Å². The fourth-order valence-corrected chi connectivity index (χ4v) is 2.39. The number of piperidine rings is 1. The predicted octanol–water partition coefficient (Wildman–Crippen LogP) is -0.163. The highest BCUT2D eigenvalue weighted by molar-refractivity contribution is 5.94. The standard InChI is InChI=1S/C11H14N4O/c12-9-2-1-7(4-14-9)10(16)15-5-8-3-11(8,13)6-15/h1-2,4,8H,3,5-6,13H2,(H2,12,14). The number of hydrogen-bond acceptors (Lipinski definition) is 4. The van der Waals surface area contributed by atoms with Crippen LogP contribution < -0.4 is 11.5 Å². The third-order valence-corrected chi connectivity index (χ3v) is 3.53. The highest BCUT2D eigenvalue weighted by atomic mass is 16.2. The maximum Gasteiger partial charge on any atom is 0.255 e. The van der Waals surface area contributed by atoms with Crippen LogP contribution in [0.4, 0.5) is 5.82 Å². The fraction of sp³-hybridized carbons (Fsp3) is 0.455. The second kappa shape index (κ2) is 2.95. The van der Waals surface area contributed by atoms with E-state index in [0.717, 1.165) is 13.0 Å². The highest BCUT2D eigenvalue weighted by Crippen LogP contribution is 2.47. The molecule has 0 aromatic carbocycles. The summed E-state index contributed by atoms with van der Waals surface area (Å²) in [6, 6.07) is 3.35. The van der Waals surface area contributed by atoms with Gasteiger partial charge < -0.3 is 16.4 Å². The summed E-state index contributed by atoms with van der Waals surface area (Å²) in [5, 5.41) is 0. The van der Waals surface area contributed by atoms with Crippen molar-refractivity contribution in [2.24, 2.45) is 11.7 Å². The molecule has 2 heterocycles. The van der Waals surface area contributed by atoms with Gasteiger partial charge in [0.15, 0.2) is 0 Å². The molecule has 1 saturated heterocycles. The van der Waals surface area contributed by atoms with Crippen molar-refractivity contribution in [2.45, 2.75) is 12.0 Å². The Morgan fingerprint density at radius 1 is 1.56 bits per heavy atom. The van der Waals surface area contributed by atoms with Crippen molar-refractivity contribution in [3.05, 3.63) is 23.9 Å². The van der Waals surface area contributed by atoms with Crippen LogP contribution in [0, 0.1) is 5.92 Å². The summed E-state index contributed by atoms with van der Waals surface area (Å²) >= 11 is 0. The molecule has 1 aromatic rings. The summed E-state index contributed by atoms with van der Waals surface area (Å²) in [6.45, 7) is 1.45. The Morgan fingerprint density at radius 2 is 2.38 bits per heavy atom. The molecule has 5 nitrogen and oxygen atoms in total. The van der Waals surface area contributed by atoms with Gasteiger partial charge in [0.2, 0.25) is 0 Å². The van der Waals surface area contributed by atoms with Crippen molar-refractivity contribution >= 4 is 11.7 Å². The van der Waals surface area contributed by atoms with Crippen LogP contribution in [0.1, 0.15) is 16.8 Å². The van der Waals surface area contributed by atoms with E-state index >= 15 is 0 Å². The molecule has 16 heavy (non-hydrogen) atoms. The zero-order valence-electron chi connectivity index (χ0n) is 8.89. The smallest absolute Gasteiger partial charge is 0.255 e. The molecule has 1 aliphatic heterocycles. The zero-order chi connectivity index (χ0) is 11.3. The van der Waals surface area contributed by atoms with Crippen LogP contribution in [-0.2, 0) is 0 Å². The molecule has 1 aromatic heterocycles. The van der Waals surface area contributed by atoms with Crippen molar-refractivity contribution in [3.63, 3.8) is 0 Å². The van der Waals surface area contributed by atoms with Crippen molar-refractivity contribution in [2.75, 3.05) is 18.8 Å². The Hall–Kier alpha value is -1.62. The Kier molecular flexibility index (Phi) is 1.77. The van der Waals surface area contributed by atoms with Crippen LogP contribution in [-0.4, -0.2) is 34.4 Å². The number of nitrogens with two attached hydrogens (primary N) is 2. The van der Waals surface area contributed by atoms with Gasteiger partial charge in [-0.3, -0.25) is 4.79 Å². The average Bonchev–Trinajstić information content (AvgIpc) is 2.77. The fourth-order valence-electron chi connectivity index (χ4n) is 2.39. The number of nitrogens with zero attached hydrogens (tertiary/aromatic N) is 2. The highest BCUT2D eigenvalue weighted by Gasteiger charge is 2.58. The molecule has 0 spiro atoms. The van der Waals surface area contributed by atoms with Crippen molar-refractivity contribution in [1.29, 1.82) is 0 Å². The first kappa shape index (κ1) is 9.59. The van der Waals surface area contributed by atoms with Crippen LogP contribution in [0.2, 0.25) is 0 Å². The molecule has 84 valence electrons. The first-order valence-electron chi connectivity index (χ1n) is 5.38. The molecule has 2 unspecified atom stereocenters. The second-order valence-electron chi connectivity index (χ2n) is 4.79. The molecular weight excluding hydrogens is 204 g/mol. The molecule has 2 aliphatic rings. The van der Waals surface area contributed by atoms with Gasteiger partial charge in [-0.1, -0.05) is 0 Å². The summed E-state index contributed by atoms with van der Waals surface area (Å²) in [5.74, 6) is 0.929. The van der Waals surface area contributed by atoms with E-state index in [9.17, 15) is 4.79 Å². The minimum absolute atomic E-state index is 0.00419. The summed E-state index contributed by atoms with van der Waals surface area (Å²) in [7, 11) is 0. The number of likely N-dealkylation sites (tertiary alicyclic amines) is 1. The number of carbonyl (C=O) groups is 1. The number of nitrogen functional groups attached to an aromatic ring is 1. The lowest BCUT2D eigenvalue weighted by atomic mass is 10.2. The third-order valence-electron chi connectivity index (χ3n) is 3.53. The third kappa shape index (κ3) is 1.36. The van der Waals surface area contributed by atoms with E-state index in [1.807, 2.05) is 0 Å². The number of pyridine rings is 1. The van der Waals surface area contributed by atoms with Gasteiger partial charge in [0.05, 0.1) is 5.56 Å². The van der Waals surface area contributed by atoms with Crippen LogP contribution in [0.5, 0.6) is 0 Å². The van der Waals surface area contributed by atoms with E-state index in [0.29, 0.717) is 23.8 Å². The minimum Gasteiger partial charge on any atom is -0.384 e. The molecule has 1 aliphatic carbocycles. The van der Waals surface area contributed by atoms with Gasteiger partial charge in [0.1, 0.15) is 5.82 Å². The monoisotopic (exact) mass is 218 g/mol. The van der Waals surface area contributed by atoms with Crippen LogP contribution in [0.3, 0.4) is 0 Å². The average molecular weight is 218 g/mol. The number of anilines is 1. The SMILES string of the molecule is Nc1ccc(C(=O)N2CC3CC3(N)C2)cn1. The molecule has 2 atom stereocenters. The first-order valence-corrected chi connectivity index (χ1v) is 5.38. The number of amides is 1. The molecule has 0 radical (unpaired) electrons. The van der Waals surface area contributed by atoms with E-state index in [-0.39, 0.29) is 11.4 Å². The second-order valence-corrected chi connectivity index (χ2v) is 4.79. The van der Waals surface area contributed by atoms with Gasteiger partial charge in [-0.15, -0.1) is 0 Å². The van der Waals surface area contributed by atoms with Gasteiger partial charge in [-0.2, -0.15) is 0 Å². The van der Waals surface area contributed by atoms with E-state index < -0.39 is 0 Å². The molecule has 1 amide bonds. The maximum absolute atomic E-state index is 12.1. The van der Waals surface area contributed by atoms with Crippen molar-refractivity contribution in [1.82, 2.24) is 9.88 Å². The molecule has 2 fully saturated rings. The Balaban J connectivity index is 1.76. The Bertz CT molecular complexity index is 444. The molecule has 1 saturated carbocycles. The molecule has 4 N–H and O–H groups in total. The normalized spacial score (nSPS) is 31.3. The lowest BCUT2D eigenvalue weighted by Crippen LogP contribution is -2.37. The van der Waals surface area contributed by atoms with Crippen molar-refractivity contribution in [3.8, 4) is 0 Å². The zero-order valence-corrected chi connectivity index (χ0v) is 8.89.